The van der Waals surface area contributed by atoms with Gasteiger partial charge in [-0.2, -0.15) is 0 Å². The van der Waals surface area contributed by atoms with Crippen molar-refractivity contribution >= 4 is 17.6 Å². The summed E-state index contributed by atoms with van der Waals surface area (Å²) in [5.41, 5.74) is 16.3. The quantitative estimate of drug-likeness (QED) is 0.509. The first-order chi connectivity index (χ1) is 8.04. The van der Waals surface area contributed by atoms with E-state index in [1.807, 2.05) is 0 Å². The lowest BCUT2D eigenvalue weighted by Gasteiger charge is -2.22. The first kappa shape index (κ1) is 12.8. The second-order valence-corrected chi connectivity index (χ2v) is 3.36. The van der Waals surface area contributed by atoms with Crippen LogP contribution in [0.3, 0.4) is 0 Å². The molecule has 0 aliphatic rings. The van der Waals surface area contributed by atoms with Crippen molar-refractivity contribution in [3.63, 3.8) is 0 Å². The number of hydrogen-bond donors (Lipinski definition) is 3. The summed E-state index contributed by atoms with van der Waals surface area (Å²) in [5, 5.41) is 0. The molecular formula is C9H14N6O2. The lowest BCUT2D eigenvalue weighted by molar-refractivity contribution is -0.117. The number of carbonyl (C=O) groups excluding carboxylic acids is 2. The first-order valence-corrected chi connectivity index (χ1v) is 4.85. The molecular weight excluding hydrogens is 224 g/mol. The van der Waals surface area contributed by atoms with Gasteiger partial charge in [0.2, 0.25) is 11.8 Å². The Morgan fingerprint density at radius 3 is 2.29 bits per heavy atom. The molecule has 2 amide bonds. The Labute approximate surface area is 97.8 Å². The van der Waals surface area contributed by atoms with E-state index < -0.39 is 11.8 Å². The molecule has 1 rings (SSSR count). The van der Waals surface area contributed by atoms with E-state index in [2.05, 4.69) is 9.97 Å². The minimum Gasteiger partial charge on any atom is -0.368 e. The number of nitrogens with zero attached hydrogens (tertiary/aromatic N) is 3. The minimum atomic E-state index is -0.590. The van der Waals surface area contributed by atoms with Gasteiger partial charge in [0.05, 0.1) is 13.1 Å². The zero-order valence-electron chi connectivity index (χ0n) is 9.17. The van der Waals surface area contributed by atoms with Gasteiger partial charge in [0, 0.05) is 18.3 Å². The van der Waals surface area contributed by atoms with E-state index in [4.69, 9.17) is 17.2 Å². The molecule has 0 unspecified atom stereocenters. The normalized spacial score (nSPS) is 9.94. The van der Waals surface area contributed by atoms with Crippen LogP contribution in [0, 0.1) is 0 Å². The molecule has 17 heavy (non-hydrogen) atoms. The number of amides is 2. The van der Waals surface area contributed by atoms with Crippen molar-refractivity contribution in [1.82, 2.24) is 9.97 Å². The molecule has 0 aliphatic carbocycles. The number of primary amides is 2. The molecule has 0 aromatic carbocycles. The van der Waals surface area contributed by atoms with E-state index in [1.165, 1.54) is 17.4 Å². The zero-order valence-corrected chi connectivity index (χ0v) is 9.17. The van der Waals surface area contributed by atoms with Crippen LogP contribution in [-0.2, 0) is 16.1 Å². The highest BCUT2D eigenvalue weighted by molar-refractivity contribution is 5.84. The Morgan fingerprint density at radius 1 is 1.24 bits per heavy atom. The highest BCUT2D eigenvalue weighted by Crippen LogP contribution is 2.14. The SMILES string of the molecule is NCc1cncnc1N(CC(N)=O)CC(N)=O. The second kappa shape index (κ2) is 5.75. The van der Waals surface area contributed by atoms with Crippen molar-refractivity contribution < 1.29 is 9.59 Å². The van der Waals surface area contributed by atoms with E-state index in [-0.39, 0.29) is 19.6 Å². The van der Waals surface area contributed by atoms with E-state index in [9.17, 15) is 9.59 Å². The summed E-state index contributed by atoms with van der Waals surface area (Å²) < 4.78 is 0. The van der Waals surface area contributed by atoms with Crippen molar-refractivity contribution in [2.45, 2.75) is 6.54 Å². The van der Waals surface area contributed by atoms with Crippen molar-refractivity contribution in [3.8, 4) is 0 Å². The lowest BCUT2D eigenvalue weighted by Crippen LogP contribution is -2.40. The number of hydrogen-bond acceptors (Lipinski definition) is 6. The molecule has 1 aromatic heterocycles. The van der Waals surface area contributed by atoms with Crippen LogP contribution < -0.4 is 22.1 Å². The molecule has 0 fully saturated rings. The summed E-state index contributed by atoms with van der Waals surface area (Å²) in [6.45, 7) is -0.135. The van der Waals surface area contributed by atoms with Gasteiger partial charge in [0.25, 0.3) is 0 Å². The maximum atomic E-state index is 10.9. The number of nitrogens with two attached hydrogens (primary N) is 3. The smallest absolute Gasteiger partial charge is 0.237 e. The van der Waals surface area contributed by atoms with Gasteiger partial charge >= 0.3 is 0 Å². The summed E-state index contributed by atoms with van der Waals surface area (Å²) in [7, 11) is 0. The highest BCUT2D eigenvalue weighted by atomic mass is 16.2. The Balaban J connectivity index is 3.02. The van der Waals surface area contributed by atoms with Gasteiger partial charge in [-0.15, -0.1) is 0 Å². The van der Waals surface area contributed by atoms with Crippen LogP contribution in [0.15, 0.2) is 12.5 Å². The number of carbonyl (C=O) groups is 2. The molecule has 92 valence electrons. The van der Waals surface area contributed by atoms with Crippen LogP contribution in [0.2, 0.25) is 0 Å². The molecule has 0 saturated carbocycles. The molecule has 0 saturated heterocycles. The van der Waals surface area contributed by atoms with Crippen molar-refractivity contribution in [2.24, 2.45) is 17.2 Å². The third-order valence-electron chi connectivity index (χ3n) is 1.98. The largest absolute Gasteiger partial charge is 0.368 e. The van der Waals surface area contributed by atoms with Crippen molar-refractivity contribution in [2.75, 3.05) is 18.0 Å². The van der Waals surface area contributed by atoms with Gasteiger partial charge in [-0.1, -0.05) is 0 Å². The van der Waals surface area contributed by atoms with Gasteiger partial charge < -0.3 is 22.1 Å². The number of aromatic nitrogens is 2. The Bertz CT molecular complexity index is 406. The molecule has 8 heteroatoms. The van der Waals surface area contributed by atoms with Crippen molar-refractivity contribution in [1.29, 1.82) is 0 Å². The summed E-state index contributed by atoms with van der Waals surface area (Å²) in [6, 6.07) is 0. The summed E-state index contributed by atoms with van der Waals surface area (Å²) in [6.07, 6.45) is 2.81. The molecule has 0 bridgehead atoms. The van der Waals surface area contributed by atoms with Crippen LogP contribution in [0.4, 0.5) is 5.82 Å². The van der Waals surface area contributed by atoms with E-state index >= 15 is 0 Å². The van der Waals surface area contributed by atoms with Crippen molar-refractivity contribution in [3.05, 3.63) is 18.1 Å². The topological polar surface area (TPSA) is 141 Å². The molecule has 0 atom stereocenters. The van der Waals surface area contributed by atoms with Crippen LogP contribution in [-0.4, -0.2) is 34.9 Å². The monoisotopic (exact) mass is 238 g/mol. The summed E-state index contributed by atoms with van der Waals surface area (Å²) >= 11 is 0. The average Bonchev–Trinajstić information content (AvgIpc) is 2.27. The van der Waals surface area contributed by atoms with Crippen LogP contribution >= 0.6 is 0 Å². The zero-order chi connectivity index (χ0) is 12.8. The van der Waals surface area contributed by atoms with Gasteiger partial charge in [0.15, 0.2) is 0 Å². The highest BCUT2D eigenvalue weighted by Gasteiger charge is 2.16. The summed E-state index contributed by atoms with van der Waals surface area (Å²) in [4.78, 5) is 31.0. The van der Waals surface area contributed by atoms with Crippen LogP contribution in [0.5, 0.6) is 0 Å². The fourth-order valence-electron chi connectivity index (χ4n) is 1.36. The maximum absolute atomic E-state index is 10.9. The minimum absolute atomic E-state index is 0.160. The van der Waals surface area contributed by atoms with Gasteiger partial charge in [-0.3, -0.25) is 9.59 Å². The standard InChI is InChI=1S/C9H14N6O2/c10-1-6-2-13-5-14-9(6)15(3-7(11)16)4-8(12)17/h2,5H,1,3-4,10H2,(H2,11,16)(H2,12,17). The molecule has 6 N–H and O–H groups in total. The fourth-order valence-corrected chi connectivity index (χ4v) is 1.36. The van der Waals surface area contributed by atoms with E-state index in [0.29, 0.717) is 11.4 Å². The van der Waals surface area contributed by atoms with Gasteiger partial charge in [-0.25, -0.2) is 9.97 Å². The third kappa shape index (κ3) is 3.68. The van der Waals surface area contributed by atoms with Gasteiger partial charge in [0.1, 0.15) is 12.1 Å². The molecule has 0 radical (unpaired) electrons. The second-order valence-electron chi connectivity index (χ2n) is 3.36. The van der Waals surface area contributed by atoms with Crippen LogP contribution in [0.1, 0.15) is 5.56 Å². The molecule has 1 heterocycles. The number of rotatable bonds is 6. The molecule has 0 spiro atoms. The Kier molecular flexibility index (Phi) is 4.35. The first-order valence-electron chi connectivity index (χ1n) is 4.85. The predicted molar refractivity (Wildman–Crippen MR) is 60.5 cm³/mol. The Morgan fingerprint density at radius 2 is 1.82 bits per heavy atom. The van der Waals surface area contributed by atoms with Crippen LogP contribution in [0.25, 0.3) is 0 Å². The maximum Gasteiger partial charge on any atom is 0.237 e. The molecule has 0 aliphatic heterocycles. The lowest BCUT2D eigenvalue weighted by atomic mass is 10.2. The molecule has 8 nitrogen and oxygen atoms in total. The predicted octanol–water partition coefficient (Wildman–Crippen LogP) is -2.29. The van der Waals surface area contributed by atoms with E-state index in [1.54, 1.807) is 0 Å². The third-order valence-corrected chi connectivity index (χ3v) is 1.98. The molecule has 1 aromatic rings. The Hall–Kier alpha value is -2.22. The average molecular weight is 238 g/mol. The number of anilines is 1. The summed E-state index contributed by atoms with van der Waals surface area (Å²) in [5.74, 6) is -0.791. The van der Waals surface area contributed by atoms with Gasteiger partial charge in [-0.05, 0) is 0 Å². The van der Waals surface area contributed by atoms with E-state index in [0.717, 1.165) is 0 Å². The fraction of sp³-hybridized carbons (Fsp3) is 0.333.